The van der Waals surface area contributed by atoms with E-state index in [2.05, 4.69) is 104 Å². The number of rotatable bonds is 9. The number of hydrogen-bond donors (Lipinski definition) is 2. The Bertz CT molecular complexity index is 1450. The van der Waals surface area contributed by atoms with Gasteiger partial charge in [-0.05, 0) is 60.6 Å². The van der Waals surface area contributed by atoms with E-state index < -0.39 is 7.26 Å². The van der Waals surface area contributed by atoms with Gasteiger partial charge in [0.15, 0.2) is 0 Å². The van der Waals surface area contributed by atoms with Gasteiger partial charge in [0.1, 0.15) is 35.2 Å². The molecule has 0 aliphatic heterocycles. The van der Waals surface area contributed by atoms with Crippen LogP contribution in [0, 0.1) is 0 Å². The van der Waals surface area contributed by atoms with Crippen LogP contribution in [0.3, 0.4) is 0 Å². The molecule has 1 radical (unpaired) electrons. The number of nitrogens with zero attached hydrogens (tertiary/aromatic N) is 4. The number of benzene rings is 4. The molecule has 0 heterocycles. The fourth-order valence-corrected chi connectivity index (χ4v) is 8.51. The number of halogens is 1. The first kappa shape index (κ1) is 33.3. The minimum absolute atomic E-state index is 0. The molecule has 42 heavy (non-hydrogen) atoms. The Labute approximate surface area is 274 Å². The third-order valence-electron chi connectivity index (χ3n) is 6.26. The van der Waals surface area contributed by atoms with Crippen molar-refractivity contribution in [1.29, 1.82) is 0 Å². The second kappa shape index (κ2) is 16.5. The molecule has 0 atom stereocenters. The molecule has 4 rings (SSSR count). The summed E-state index contributed by atoms with van der Waals surface area (Å²) in [4.78, 5) is 0. The van der Waals surface area contributed by atoms with Crippen molar-refractivity contribution in [2.45, 2.75) is 6.92 Å². The Kier molecular flexibility index (Phi) is 13.1. The Hall–Kier alpha value is -3.16. The molecule has 0 unspecified atom stereocenters. The van der Waals surface area contributed by atoms with Crippen LogP contribution >= 0.6 is 18.9 Å². The predicted molar refractivity (Wildman–Crippen MR) is 183 cm³/mol. The van der Waals surface area contributed by atoms with Crippen LogP contribution in [0.15, 0.2) is 136 Å². The molecule has 0 aliphatic carbocycles. The number of hydrogen-bond acceptors (Lipinski definition) is 6. The standard InChI is InChI=1S/C31H30ClN6PS2.Cu/c1-23(29(36-37-30(40)33-2)24-18-20-25(32)21-19-24)35-38-31(41)34-22-39(26-12-6-3-7-13-26,27-14-8-4-9-15-27)28-16-10-5-11-17-28;/h3-21H,22H2,1-2H3,(H3-,33,34,35,36,37,38,40,41);/q;+2/p-1. The maximum atomic E-state index is 6.09. The van der Waals surface area contributed by atoms with Crippen LogP contribution in [0.2, 0.25) is 5.02 Å². The summed E-state index contributed by atoms with van der Waals surface area (Å²) in [5, 5.41) is 28.2. The molecule has 217 valence electrons. The molecule has 0 saturated heterocycles. The Balaban J connectivity index is 0.00000484. The second-order valence-electron chi connectivity index (χ2n) is 8.85. The Morgan fingerprint density at radius 3 is 1.57 bits per heavy atom. The molecule has 0 spiro atoms. The van der Waals surface area contributed by atoms with Crippen molar-refractivity contribution in [3.05, 3.63) is 126 Å². The maximum absolute atomic E-state index is 6.09. The molecule has 0 amide bonds. The molecule has 4 aromatic carbocycles. The smallest absolute Gasteiger partial charge is 0.741 e. The van der Waals surface area contributed by atoms with Gasteiger partial charge in [0.25, 0.3) is 0 Å². The van der Waals surface area contributed by atoms with Crippen molar-refractivity contribution < 1.29 is 17.1 Å². The molecular weight excluding hydrogens is 650 g/mol. The first-order chi connectivity index (χ1) is 19.9. The van der Waals surface area contributed by atoms with Gasteiger partial charge in [-0.3, -0.25) is 0 Å². The average Bonchev–Trinajstić information content (AvgIpc) is 3.02. The minimum atomic E-state index is -2.13. The molecule has 0 aromatic heterocycles. The fraction of sp³-hybridized carbons (Fsp3) is 0.0968. The summed E-state index contributed by atoms with van der Waals surface area (Å²) in [5.74, 6) is 0. The van der Waals surface area contributed by atoms with Gasteiger partial charge in [0.2, 0.25) is 0 Å². The van der Waals surface area contributed by atoms with Crippen LogP contribution in [0.25, 0.3) is 0 Å². The summed E-state index contributed by atoms with van der Waals surface area (Å²) in [6.07, 6.45) is 0.575. The summed E-state index contributed by atoms with van der Waals surface area (Å²) < 4.78 is 0. The predicted octanol–water partition coefficient (Wildman–Crippen LogP) is 4.98. The van der Waals surface area contributed by atoms with Crippen molar-refractivity contribution in [3.63, 3.8) is 0 Å². The van der Waals surface area contributed by atoms with Gasteiger partial charge in [-0.1, -0.05) is 78.3 Å². The van der Waals surface area contributed by atoms with Crippen LogP contribution in [0.5, 0.6) is 0 Å². The van der Waals surface area contributed by atoms with Crippen molar-refractivity contribution in [1.82, 2.24) is 10.6 Å². The second-order valence-corrected chi connectivity index (χ2v) is 13.5. The Morgan fingerprint density at radius 1 is 0.667 bits per heavy atom. The fourth-order valence-electron chi connectivity index (χ4n) is 4.25. The van der Waals surface area contributed by atoms with Crippen LogP contribution in [-0.4, -0.2) is 35.1 Å². The van der Waals surface area contributed by atoms with E-state index >= 15 is 0 Å². The van der Waals surface area contributed by atoms with E-state index in [4.69, 9.17) is 36.9 Å². The van der Waals surface area contributed by atoms with E-state index in [1.165, 1.54) is 15.9 Å². The molecule has 4 aromatic rings. The SMILES string of the molecule is CN/C([S-])=N/N=C(/C(C)=N/N=C(\[S-])NC[P+](c1ccccc1)(c1ccccc1)c1ccccc1)c1ccc(Cl)cc1.[Cu+2]. The summed E-state index contributed by atoms with van der Waals surface area (Å²) in [7, 11) is -0.444. The Morgan fingerprint density at radius 2 is 1.12 bits per heavy atom. The summed E-state index contributed by atoms with van der Waals surface area (Å²) >= 11 is 16.9. The monoisotopic (exact) mass is 678 g/mol. The number of amidine groups is 2. The van der Waals surface area contributed by atoms with E-state index in [0.29, 0.717) is 22.7 Å². The molecule has 6 nitrogen and oxygen atoms in total. The summed E-state index contributed by atoms with van der Waals surface area (Å²) in [6.45, 7) is 1.80. The van der Waals surface area contributed by atoms with Crippen molar-refractivity contribution in [2.24, 2.45) is 20.4 Å². The van der Waals surface area contributed by atoms with Crippen LogP contribution in [-0.2, 0) is 42.3 Å². The molecule has 0 bridgehead atoms. The van der Waals surface area contributed by atoms with Gasteiger partial charge >= 0.3 is 17.1 Å². The maximum Gasteiger partial charge on any atom is 2.00 e. The van der Waals surface area contributed by atoms with E-state index in [-0.39, 0.29) is 27.4 Å². The van der Waals surface area contributed by atoms with Crippen LogP contribution in [0.4, 0.5) is 0 Å². The zero-order valence-corrected chi connectivity index (χ0v) is 27.1. The van der Waals surface area contributed by atoms with Crippen molar-refractivity contribution >= 4 is 81.8 Å². The average molecular weight is 680 g/mol. The topological polar surface area (TPSA) is 73.5 Å². The van der Waals surface area contributed by atoms with Gasteiger partial charge in [-0.25, -0.2) is 0 Å². The quantitative estimate of drug-likeness (QED) is 0.0654. The van der Waals surface area contributed by atoms with Crippen LogP contribution in [0.1, 0.15) is 12.5 Å². The molecule has 0 fully saturated rings. The molecule has 2 N–H and O–H groups in total. The summed E-state index contributed by atoms with van der Waals surface area (Å²) in [5.41, 5.74) is 1.80. The van der Waals surface area contributed by atoms with E-state index in [0.717, 1.165) is 5.56 Å². The first-order valence-corrected chi connectivity index (χ1v) is 16.0. The molecule has 0 aliphatic rings. The van der Waals surface area contributed by atoms with E-state index in [1.54, 1.807) is 26.1 Å². The zero-order valence-electron chi connectivity index (χ0n) is 22.9. The molecular formula is C31H29ClCuN6PS2+. The zero-order chi connectivity index (χ0) is 29.1. The normalized spacial score (nSPS) is 12.8. The molecule has 0 saturated carbocycles. The van der Waals surface area contributed by atoms with E-state index in [1.807, 2.05) is 30.3 Å². The van der Waals surface area contributed by atoms with Gasteiger partial charge in [0, 0.05) is 22.8 Å². The van der Waals surface area contributed by atoms with E-state index in [9.17, 15) is 0 Å². The van der Waals surface area contributed by atoms with Gasteiger partial charge in [0.05, 0.1) is 5.71 Å². The van der Waals surface area contributed by atoms with Gasteiger partial charge in [-0.2, -0.15) is 15.3 Å². The number of nitrogens with one attached hydrogen (secondary N) is 2. The third-order valence-corrected chi connectivity index (χ3v) is 11.2. The van der Waals surface area contributed by atoms with Gasteiger partial charge < -0.3 is 35.9 Å². The van der Waals surface area contributed by atoms with Gasteiger partial charge in [-0.15, -0.1) is 5.10 Å². The first-order valence-electron chi connectivity index (χ1n) is 12.8. The van der Waals surface area contributed by atoms with Crippen molar-refractivity contribution in [3.8, 4) is 0 Å². The minimum Gasteiger partial charge on any atom is -0.741 e. The molecule has 11 heteroatoms. The van der Waals surface area contributed by atoms with Crippen molar-refractivity contribution in [2.75, 3.05) is 13.3 Å². The van der Waals surface area contributed by atoms with Crippen LogP contribution < -0.4 is 26.5 Å². The largest absolute Gasteiger partial charge is 2.00 e. The third kappa shape index (κ3) is 8.45. The summed E-state index contributed by atoms with van der Waals surface area (Å²) in [6, 6.07) is 38.9.